The van der Waals surface area contributed by atoms with Gasteiger partial charge in [0.1, 0.15) is 0 Å². The van der Waals surface area contributed by atoms with Crippen molar-refractivity contribution in [3.63, 3.8) is 0 Å². The standard InChI is InChI=1S/C16H10N2O2/c1-10-6-11(9-17)8-12(7-10)18-15(19)13-4-2-3-5-14(13)16(18)20/h2-8H,1H3. The van der Waals surface area contributed by atoms with E-state index in [9.17, 15) is 9.59 Å². The number of anilines is 1. The molecule has 2 aromatic rings. The van der Waals surface area contributed by atoms with Crippen molar-refractivity contribution >= 4 is 17.5 Å². The van der Waals surface area contributed by atoms with Crippen LogP contribution in [0.25, 0.3) is 0 Å². The number of rotatable bonds is 1. The van der Waals surface area contributed by atoms with Crippen molar-refractivity contribution in [1.29, 1.82) is 5.26 Å². The van der Waals surface area contributed by atoms with E-state index in [4.69, 9.17) is 5.26 Å². The molecule has 0 saturated heterocycles. The van der Waals surface area contributed by atoms with Crippen LogP contribution in [0.15, 0.2) is 42.5 Å². The van der Waals surface area contributed by atoms with E-state index in [1.807, 2.05) is 13.0 Å². The molecule has 1 aliphatic heterocycles. The maximum atomic E-state index is 12.3. The average molecular weight is 262 g/mol. The van der Waals surface area contributed by atoms with Gasteiger partial charge in [0.05, 0.1) is 28.4 Å². The minimum atomic E-state index is -0.347. The van der Waals surface area contributed by atoms with Gasteiger partial charge in [0.2, 0.25) is 0 Å². The largest absolute Gasteiger partial charge is 0.268 e. The molecule has 1 heterocycles. The van der Waals surface area contributed by atoms with Gasteiger partial charge >= 0.3 is 0 Å². The van der Waals surface area contributed by atoms with Gasteiger partial charge in [-0.15, -0.1) is 0 Å². The summed E-state index contributed by atoms with van der Waals surface area (Å²) in [5.74, 6) is -0.694. The van der Waals surface area contributed by atoms with Gasteiger partial charge in [0.25, 0.3) is 11.8 Å². The van der Waals surface area contributed by atoms with Gasteiger partial charge in [-0.3, -0.25) is 9.59 Å². The zero-order chi connectivity index (χ0) is 14.3. The number of fused-ring (bicyclic) bond motifs is 1. The van der Waals surface area contributed by atoms with Crippen molar-refractivity contribution in [1.82, 2.24) is 0 Å². The summed E-state index contributed by atoms with van der Waals surface area (Å²) in [6.07, 6.45) is 0. The molecule has 0 bridgehead atoms. The highest BCUT2D eigenvalue weighted by atomic mass is 16.2. The summed E-state index contributed by atoms with van der Waals surface area (Å²) in [7, 11) is 0. The lowest BCUT2D eigenvalue weighted by Gasteiger charge is -2.14. The van der Waals surface area contributed by atoms with Gasteiger partial charge in [-0.25, -0.2) is 4.90 Å². The summed E-state index contributed by atoms with van der Waals surface area (Å²) >= 11 is 0. The number of nitrogens with zero attached hydrogens (tertiary/aromatic N) is 2. The highest BCUT2D eigenvalue weighted by molar-refractivity contribution is 6.34. The van der Waals surface area contributed by atoms with E-state index in [-0.39, 0.29) is 11.8 Å². The monoisotopic (exact) mass is 262 g/mol. The Hall–Kier alpha value is -2.93. The summed E-state index contributed by atoms with van der Waals surface area (Å²) in [5, 5.41) is 9.00. The van der Waals surface area contributed by atoms with Crippen molar-refractivity contribution in [2.45, 2.75) is 6.92 Å². The van der Waals surface area contributed by atoms with Crippen LogP contribution in [0.5, 0.6) is 0 Å². The Balaban J connectivity index is 2.14. The maximum Gasteiger partial charge on any atom is 0.266 e. The smallest absolute Gasteiger partial charge is 0.266 e. The molecule has 2 aromatic carbocycles. The first kappa shape index (κ1) is 12.1. The number of amides is 2. The fourth-order valence-electron chi connectivity index (χ4n) is 2.38. The molecule has 4 heteroatoms. The number of carbonyl (C=O) groups is 2. The zero-order valence-electron chi connectivity index (χ0n) is 10.8. The van der Waals surface area contributed by atoms with Gasteiger partial charge in [-0.1, -0.05) is 12.1 Å². The highest BCUT2D eigenvalue weighted by Gasteiger charge is 2.36. The SMILES string of the molecule is Cc1cc(C#N)cc(N2C(=O)c3ccccc3C2=O)c1. The Labute approximate surface area is 115 Å². The Morgan fingerprint density at radius 3 is 2.15 bits per heavy atom. The number of hydrogen-bond donors (Lipinski definition) is 0. The lowest BCUT2D eigenvalue weighted by atomic mass is 10.1. The van der Waals surface area contributed by atoms with Crippen LogP contribution >= 0.6 is 0 Å². The molecule has 0 fully saturated rings. The first-order valence-corrected chi connectivity index (χ1v) is 6.11. The maximum absolute atomic E-state index is 12.3. The van der Waals surface area contributed by atoms with Gasteiger partial charge < -0.3 is 0 Å². The van der Waals surface area contributed by atoms with E-state index in [1.54, 1.807) is 42.5 Å². The van der Waals surface area contributed by atoms with Crippen LogP contribution < -0.4 is 4.90 Å². The predicted molar refractivity (Wildman–Crippen MR) is 73.5 cm³/mol. The first-order valence-electron chi connectivity index (χ1n) is 6.11. The third kappa shape index (κ3) is 1.69. The molecule has 0 aliphatic carbocycles. The molecule has 96 valence electrons. The lowest BCUT2D eigenvalue weighted by molar-refractivity contribution is 0.0926. The van der Waals surface area contributed by atoms with Crippen molar-refractivity contribution in [2.24, 2.45) is 0 Å². The fourth-order valence-corrected chi connectivity index (χ4v) is 2.38. The zero-order valence-corrected chi connectivity index (χ0v) is 10.8. The van der Waals surface area contributed by atoms with E-state index in [0.717, 1.165) is 10.5 Å². The lowest BCUT2D eigenvalue weighted by Crippen LogP contribution is -2.29. The molecule has 0 unspecified atom stereocenters. The minimum absolute atomic E-state index is 0.347. The summed E-state index contributed by atoms with van der Waals surface area (Å²) in [6.45, 7) is 1.82. The van der Waals surface area contributed by atoms with Gasteiger partial charge in [0, 0.05) is 0 Å². The van der Waals surface area contributed by atoms with E-state index in [0.29, 0.717) is 22.4 Å². The molecule has 0 saturated carbocycles. The van der Waals surface area contributed by atoms with Crippen LogP contribution in [0.1, 0.15) is 31.8 Å². The minimum Gasteiger partial charge on any atom is -0.268 e. The number of imide groups is 1. The van der Waals surface area contributed by atoms with Crippen molar-refractivity contribution in [3.05, 3.63) is 64.7 Å². The Morgan fingerprint density at radius 1 is 1.00 bits per heavy atom. The van der Waals surface area contributed by atoms with Crippen molar-refractivity contribution in [2.75, 3.05) is 4.90 Å². The quantitative estimate of drug-likeness (QED) is 0.742. The third-order valence-corrected chi connectivity index (χ3v) is 3.24. The number of benzene rings is 2. The van der Waals surface area contributed by atoms with E-state index < -0.39 is 0 Å². The molecular formula is C16H10N2O2. The molecule has 4 nitrogen and oxygen atoms in total. The van der Waals surface area contributed by atoms with Crippen molar-refractivity contribution in [3.8, 4) is 6.07 Å². The van der Waals surface area contributed by atoms with Crippen LogP contribution in [0.2, 0.25) is 0 Å². The van der Waals surface area contributed by atoms with Crippen LogP contribution in [-0.4, -0.2) is 11.8 Å². The first-order chi connectivity index (χ1) is 9.61. The van der Waals surface area contributed by atoms with E-state index >= 15 is 0 Å². The molecule has 0 spiro atoms. The van der Waals surface area contributed by atoms with Crippen LogP contribution in [-0.2, 0) is 0 Å². The van der Waals surface area contributed by atoms with Gasteiger partial charge in [-0.2, -0.15) is 5.26 Å². The second-order valence-electron chi connectivity index (χ2n) is 4.66. The fraction of sp³-hybridized carbons (Fsp3) is 0.0625. The molecule has 2 amide bonds. The molecule has 20 heavy (non-hydrogen) atoms. The molecule has 0 aromatic heterocycles. The molecule has 3 rings (SSSR count). The topological polar surface area (TPSA) is 61.2 Å². The van der Waals surface area contributed by atoms with Crippen LogP contribution in [0.4, 0.5) is 5.69 Å². The number of nitriles is 1. The summed E-state index contributed by atoms with van der Waals surface area (Å²) in [4.78, 5) is 25.8. The number of hydrogen-bond acceptors (Lipinski definition) is 3. The van der Waals surface area contributed by atoms with E-state index in [2.05, 4.69) is 0 Å². The average Bonchev–Trinajstić information content (AvgIpc) is 2.71. The molecule has 0 atom stereocenters. The molecule has 0 N–H and O–H groups in total. The molecule has 0 radical (unpaired) electrons. The third-order valence-electron chi connectivity index (χ3n) is 3.24. The normalized spacial score (nSPS) is 13.3. The van der Waals surface area contributed by atoms with Gasteiger partial charge in [0.15, 0.2) is 0 Å². The number of carbonyl (C=O) groups excluding carboxylic acids is 2. The van der Waals surface area contributed by atoms with Crippen LogP contribution in [0.3, 0.4) is 0 Å². The summed E-state index contributed by atoms with van der Waals surface area (Å²) < 4.78 is 0. The Kier molecular flexibility index (Phi) is 2.62. The predicted octanol–water partition coefficient (Wildman–Crippen LogP) is 2.67. The number of aryl methyl sites for hydroxylation is 1. The second kappa shape index (κ2) is 4.32. The molecular weight excluding hydrogens is 252 g/mol. The molecule has 1 aliphatic rings. The van der Waals surface area contributed by atoms with Gasteiger partial charge in [-0.05, 0) is 42.8 Å². The Bertz CT molecular complexity index is 752. The Morgan fingerprint density at radius 2 is 1.60 bits per heavy atom. The second-order valence-corrected chi connectivity index (χ2v) is 4.66. The van der Waals surface area contributed by atoms with Crippen LogP contribution in [0, 0.1) is 18.3 Å². The van der Waals surface area contributed by atoms with E-state index in [1.165, 1.54) is 0 Å². The summed E-state index contributed by atoms with van der Waals surface area (Å²) in [6, 6.07) is 13.7. The highest BCUT2D eigenvalue weighted by Crippen LogP contribution is 2.29. The summed E-state index contributed by atoms with van der Waals surface area (Å²) in [5.41, 5.74) is 2.50. The van der Waals surface area contributed by atoms with Crippen molar-refractivity contribution < 1.29 is 9.59 Å².